The summed E-state index contributed by atoms with van der Waals surface area (Å²) in [4.78, 5) is 9.79. The van der Waals surface area contributed by atoms with E-state index in [4.69, 9.17) is 16.3 Å². The highest BCUT2D eigenvalue weighted by Gasteiger charge is 2.40. The summed E-state index contributed by atoms with van der Waals surface area (Å²) in [5, 5.41) is -0.111. The van der Waals surface area contributed by atoms with Gasteiger partial charge in [-0.25, -0.2) is 27.2 Å². The van der Waals surface area contributed by atoms with Crippen LogP contribution >= 0.6 is 11.6 Å². The van der Waals surface area contributed by atoms with Crippen LogP contribution in [0.1, 0.15) is 26.5 Å². The molecule has 1 fully saturated rings. The minimum atomic E-state index is -4.19. The third-order valence-electron chi connectivity index (χ3n) is 4.78. The molecule has 3 rings (SSSR count). The van der Waals surface area contributed by atoms with Crippen molar-refractivity contribution < 1.29 is 21.9 Å². The van der Waals surface area contributed by atoms with Crippen LogP contribution in [0, 0.1) is 11.6 Å². The molecule has 1 aromatic carbocycles. The summed E-state index contributed by atoms with van der Waals surface area (Å²) in [5.74, 6) is -1.48. The average Bonchev–Trinajstić information content (AvgIpc) is 2.60. The Hall–Kier alpha value is -1.84. The van der Waals surface area contributed by atoms with Crippen molar-refractivity contribution in [3.05, 3.63) is 46.9 Å². The topological polar surface area (TPSA) is 72.4 Å². The molecule has 2 heterocycles. The predicted molar refractivity (Wildman–Crippen MR) is 101 cm³/mol. The van der Waals surface area contributed by atoms with Gasteiger partial charge in [-0.3, -0.25) is 0 Å². The Kier molecular flexibility index (Phi) is 5.62. The highest BCUT2D eigenvalue weighted by atomic mass is 35.5. The molecule has 28 heavy (non-hydrogen) atoms. The van der Waals surface area contributed by atoms with Crippen molar-refractivity contribution in [3.8, 4) is 0 Å². The summed E-state index contributed by atoms with van der Waals surface area (Å²) in [5.41, 5.74) is 0.130. The Morgan fingerprint density at radius 2 is 1.82 bits per heavy atom. The number of benzene rings is 1. The molecule has 1 aliphatic heterocycles. The van der Waals surface area contributed by atoms with Crippen LogP contribution in [-0.2, 0) is 19.3 Å². The molecule has 0 radical (unpaired) electrons. The number of aromatic nitrogens is 2. The largest absolute Gasteiger partial charge is 0.377 e. The van der Waals surface area contributed by atoms with E-state index in [1.807, 2.05) is 11.8 Å². The van der Waals surface area contributed by atoms with E-state index < -0.39 is 31.1 Å². The minimum Gasteiger partial charge on any atom is -0.377 e. The predicted octanol–water partition coefficient (Wildman–Crippen LogP) is 3.34. The molecule has 2 aromatic rings. The van der Waals surface area contributed by atoms with Gasteiger partial charge < -0.3 is 9.64 Å². The van der Waals surface area contributed by atoms with Crippen molar-refractivity contribution in [1.82, 2.24) is 9.97 Å². The number of halogens is 3. The fourth-order valence-electron chi connectivity index (χ4n) is 3.04. The van der Waals surface area contributed by atoms with E-state index in [1.54, 1.807) is 6.07 Å². The fraction of sp³-hybridized carbons (Fsp3) is 0.444. The summed E-state index contributed by atoms with van der Waals surface area (Å²) >= 11 is 6.07. The quantitative estimate of drug-likeness (QED) is 0.691. The Morgan fingerprint density at radius 1 is 1.18 bits per heavy atom. The van der Waals surface area contributed by atoms with Gasteiger partial charge in [0.25, 0.3) is 0 Å². The molecular formula is C18H20ClF2N3O3S. The van der Waals surface area contributed by atoms with Crippen LogP contribution in [0.3, 0.4) is 0 Å². The summed E-state index contributed by atoms with van der Waals surface area (Å²) in [7, 11) is -4.19. The molecule has 10 heteroatoms. The lowest BCUT2D eigenvalue weighted by molar-refractivity contribution is 0.0985. The number of hydrogen-bond donors (Lipinski definition) is 0. The average molecular weight is 432 g/mol. The molecule has 0 spiro atoms. The van der Waals surface area contributed by atoms with Gasteiger partial charge >= 0.3 is 0 Å². The number of morpholine rings is 1. The zero-order chi connectivity index (χ0) is 20.7. The van der Waals surface area contributed by atoms with Gasteiger partial charge in [0.05, 0.1) is 29.8 Å². The van der Waals surface area contributed by atoms with Gasteiger partial charge in [0.1, 0.15) is 22.2 Å². The Bertz CT molecular complexity index is 981. The van der Waals surface area contributed by atoms with E-state index in [-0.39, 0.29) is 17.0 Å². The van der Waals surface area contributed by atoms with Crippen LogP contribution in [0.15, 0.2) is 29.2 Å². The molecule has 6 nitrogen and oxygen atoms in total. The van der Waals surface area contributed by atoms with Crippen molar-refractivity contribution in [1.29, 1.82) is 0 Å². The van der Waals surface area contributed by atoms with Crippen LogP contribution < -0.4 is 4.90 Å². The van der Waals surface area contributed by atoms with Gasteiger partial charge in [0, 0.05) is 18.7 Å². The fourth-order valence-corrected chi connectivity index (χ4v) is 4.73. The van der Waals surface area contributed by atoms with E-state index >= 15 is 0 Å². The Morgan fingerprint density at radius 3 is 2.43 bits per heavy atom. The first-order chi connectivity index (χ1) is 13.0. The molecule has 0 bridgehead atoms. The van der Waals surface area contributed by atoms with Crippen molar-refractivity contribution in [2.24, 2.45) is 0 Å². The SMILES string of the molecule is C[C@H]1COCCN1c1cc(C(C)(C)S(=O)(=O)c2cc(F)cc(F)c2)nc(Cl)n1. The van der Waals surface area contributed by atoms with Crippen LogP contribution in [0.2, 0.25) is 5.28 Å². The zero-order valence-corrected chi connectivity index (χ0v) is 17.2. The standard InChI is InChI=1S/C18H20ClF2N3O3S/c1-11-10-27-5-4-24(11)16-9-15(22-17(19)23-16)18(2,3)28(25,26)14-7-12(20)6-13(21)8-14/h6-9,11H,4-5,10H2,1-3H3/t11-/m0/s1. The molecule has 0 unspecified atom stereocenters. The lowest BCUT2D eigenvalue weighted by Gasteiger charge is -2.35. The molecule has 1 aliphatic rings. The first-order valence-electron chi connectivity index (χ1n) is 8.62. The molecule has 0 saturated carbocycles. The highest BCUT2D eigenvalue weighted by molar-refractivity contribution is 7.92. The molecule has 152 valence electrons. The van der Waals surface area contributed by atoms with Gasteiger partial charge in [-0.05, 0) is 44.5 Å². The van der Waals surface area contributed by atoms with Gasteiger partial charge in [-0.2, -0.15) is 0 Å². The summed E-state index contributed by atoms with van der Waals surface area (Å²) < 4.78 is 57.3. The smallest absolute Gasteiger partial charge is 0.224 e. The molecule has 1 aromatic heterocycles. The Balaban J connectivity index is 2.08. The molecular weight excluding hydrogens is 412 g/mol. The summed E-state index contributed by atoms with van der Waals surface area (Å²) in [6.45, 7) is 6.35. The lowest BCUT2D eigenvalue weighted by atomic mass is 10.1. The second-order valence-electron chi connectivity index (χ2n) is 7.12. The number of sulfone groups is 1. The van der Waals surface area contributed by atoms with E-state index in [0.717, 1.165) is 12.1 Å². The van der Waals surface area contributed by atoms with E-state index in [1.165, 1.54) is 13.8 Å². The van der Waals surface area contributed by atoms with Crippen molar-refractivity contribution in [3.63, 3.8) is 0 Å². The van der Waals surface area contributed by atoms with Crippen LogP contribution in [0.25, 0.3) is 0 Å². The lowest BCUT2D eigenvalue weighted by Crippen LogP contribution is -2.44. The van der Waals surface area contributed by atoms with Crippen molar-refractivity contribution in [2.45, 2.75) is 36.5 Å². The first kappa shape index (κ1) is 20.9. The number of hydrogen-bond acceptors (Lipinski definition) is 6. The van der Waals surface area contributed by atoms with Gasteiger partial charge in [0.2, 0.25) is 5.28 Å². The molecule has 1 saturated heterocycles. The maximum absolute atomic E-state index is 13.6. The monoisotopic (exact) mass is 431 g/mol. The van der Waals surface area contributed by atoms with Crippen LogP contribution in [-0.4, -0.2) is 44.2 Å². The summed E-state index contributed by atoms with van der Waals surface area (Å²) in [6.07, 6.45) is 0. The third-order valence-corrected chi connectivity index (χ3v) is 7.36. The maximum Gasteiger partial charge on any atom is 0.224 e. The zero-order valence-electron chi connectivity index (χ0n) is 15.6. The second-order valence-corrected chi connectivity index (χ2v) is 9.95. The number of ether oxygens (including phenoxy) is 1. The molecule has 0 aliphatic carbocycles. The van der Waals surface area contributed by atoms with Crippen LogP contribution in [0.4, 0.5) is 14.6 Å². The van der Waals surface area contributed by atoms with Gasteiger partial charge in [-0.1, -0.05) is 0 Å². The van der Waals surface area contributed by atoms with Gasteiger partial charge in [-0.15, -0.1) is 0 Å². The van der Waals surface area contributed by atoms with E-state index in [0.29, 0.717) is 31.6 Å². The Labute approximate surface area is 167 Å². The summed E-state index contributed by atoms with van der Waals surface area (Å²) in [6, 6.07) is 3.75. The molecule has 0 N–H and O–H groups in total. The minimum absolute atomic E-state index is 0.0181. The number of anilines is 1. The molecule has 0 amide bonds. The van der Waals surface area contributed by atoms with E-state index in [9.17, 15) is 17.2 Å². The van der Waals surface area contributed by atoms with Gasteiger partial charge in [0.15, 0.2) is 9.84 Å². The van der Waals surface area contributed by atoms with Crippen LogP contribution in [0.5, 0.6) is 0 Å². The normalized spacial score (nSPS) is 18.4. The third kappa shape index (κ3) is 3.83. The van der Waals surface area contributed by atoms with Crippen molar-refractivity contribution >= 4 is 27.3 Å². The number of nitrogens with zero attached hydrogens (tertiary/aromatic N) is 3. The van der Waals surface area contributed by atoms with E-state index in [2.05, 4.69) is 9.97 Å². The molecule has 1 atom stereocenters. The van der Waals surface area contributed by atoms with Crippen molar-refractivity contribution in [2.75, 3.05) is 24.7 Å². The number of rotatable bonds is 4. The first-order valence-corrected chi connectivity index (χ1v) is 10.5. The second kappa shape index (κ2) is 7.53. The highest BCUT2D eigenvalue weighted by Crippen LogP contribution is 2.36. The maximum atomic E-state index is 13.6.